The molecule has 0 radical (unpaired) electrons. The molecule has 0 saturated carbocycles. The minimum Gasteiger partial charge on any atom is -0.340 e. The van der Waals surface area contributed by atoms with E-state index in [1.54, 1.807) is 18.0 Å². The average Bonchev–Trinajstić information content (AvgIpc) is 2.62. The number of nitrogens with one attached hydrogen (secondary N) is 1. The molecule has 1 N–H and O–H groups in total. The molecule has 0 aliphatic heterocycles. The molecule has 27 heavy (non-hydrogen) atoms. The largest absolute Gasteiger partial charge is 0.421 e. The summed E-state index contributed by atoms with van der Waals surface area (Å²) in [5.41, 5.74) is 1.01. The maximum absolute atomic E-state index is 13.3. The van der Waals surface area contributed by atoms with Crippen LogP contribution in [0.4, 0.5) is 40.7 Å². The summed E-state index contributed by atoms with van der Waals surface area (Å²) >= 11 is 0. The van der Waals surface area contributed by atoms with Crippen LogP contribution in [0.25, 0.3) is 0 Å². The average molecular weight is 376 g/mol. The van der Waals surface area contributed by atoms with Crippen LogP contribution in [0.2, 0.25) is 0 Å². The number of hydrogen-bond acceptors (Lipinski definition) is 4. The Bertz CT molecular complexity index is 939. The van der Waals surface area contributed by atoms with Crippen molar-refractivity contribution in [3.63, 3.8) is 0 Å². The van der Waals surface area contributed by atoms with E-state index >= 15 is 0 Å². The Morgan fingerprint density at radius 1 is 1.04 bits per heavy atom. The van der Waals surface area contributed by atoms with Crippen LogP contribution < -0.4 is 10.2 Å². The molecule has 0 aliphatic carbocycles. The molecule has 0 bridgehead atoms. The van der Waals surface area contributed by atoms with Crippen LogP contribution in [-0.4, -0.2) is 17.0 Å². The summed E-state index contributed by atoms with van der Waals surface area (Å²) in [6.07, 6.45) is -3.90. The van der Waals surface area contributed by atoms with Gasteiger partial charge in [0.25, 0.3) is 0 Å². The number of rotatable bonds is 4. The molecule has 0 aliphatic rings. The molecule has 0 fully saturated rings. The first-order valence-electron chi connectivity index (χ1n) is 8.01. The Kier molecular flexibility index (Phi) is 4.98. The van der Waals surface area contributed by atoms with Gasteiger partial charge < -0.3 is 10.2 Å². The number of hydrogen-bond donors (Lipinski definition) is 1. The van der Waals surface area contributed by atoms with E-state index in [0.717, 1.165) is 29.6 Å². The molecular formula is C19H16F4N4. The highest BCUT2D eigenvalue weighted by molar-refractivity contribution is 5.64. The fourth-order valence-corrected chi connectivity index (χ4v) is 2.46. The molecule has 140 valence electrons. The van der Waals surface area contributed by atoms with Crippen LogP contribution in [0.3, 0.4) is 0 Å². The van der Waals surface area contributed by atoms with Crippen molar-refractivity contribution in [3.05, 3.63) is 71.7 Å². The van der Waals surface area contributed by atoms with Gasteiger partial charge in [-0.2, -0.15) is 18.2 Å². The Hall–Kier alpha value is -3.16. The van der Waals surface area contributed by atoms with Gasteiger partial charge >= 0.3 is 6.18 Å². The normalized spacial score (nSPS) is 11.3. The molecule has 4 nitrogen and oxygen atoms in total. The van der Waals surface area contributed by atoms with E-state index in [4.69, 9.17) is 0 Å². The van der Waals surface area contributed by atoms with Gasteiger partial charge in [0, 0.05) is 24.6 Å². The topological polar surface area (TPSA) is 41.1 Å². The van der Waals surface area contributed by atoms with Gasteiger partial charge in [-0.15, -0.1) is 0 Å². The molecule has 8 heteroatoms. The summed E-state index contributed by atoms with van der Waals surface area (Å²) in [4.78, 5) is 9.50. The molecule has 1 heterocycles. The van der Waals surface area contributed by atoms with E-state index in [0.29, 0.717) is 0 Å². The standard InChI is InChI=1S/C19H16F4N4/c1-12-4-3-5-15(10-12)27(2)18-24-11-16(19(21,22)23)17(26-18)25-14-8-6-13(20)7-9-14/h3-11H,1-2H3,(H,24,25,26). The van der Waals surface area contributed by atoms with Gasteiger partial charge in [0.2, 0.25) is 5.95 Å². The van der Waals surface area contributed by atoms with Gasteiger partial charge in [-0.1, -0.05) is 12.1 Å². The highest BCUT2D eigenvalue weighted by Gasteiger charge is 2.35. The lowest BCUT2D eigenvalue weighted by Gasteiger charge is -2.20. The van der Waals surface area contributed by atoms with Crippen LogP contribution >= 0.6 is 0 Å². The van der Waals surface area contributed by atoms with Crippen molar-refractivity contribution in [2.75, 3.05) is 17.3 Å². The minimum atomic E-state index is -4.64. The molecule has 0 atom stereocenters. The Balaban J connectivity index is 2.01. The van der Waals surface area contributed by atoms with Crippen molar-refractivity contribution in [1.29, 1.82) is 0 Å². The van der Waals surface area contributed by atoms with E-state index in [1.807, 2.05) is 25.1 Å². The van der Waals surface area contributed by atoms with E-state index in [2.05, 4.69) is 15.3 Å². The highest BCUT2D eigenvalue weighted by atomic mass is 19.4. The third-order valence-corrected chi connectivity index (χ3v) is 3.88. The predicted molar refractivity (Wildman–Crippen MR) is 96.0 cm³/mol. The zero-order valence-electron chi connectivity index (χ0n) is 14.5. The van der Waals surface area contributed by atoms with Gasteiger partial charge in [-0.05, 0) is 48.9 Å². The molecule has 3 rings (SSSR count). The second-order valence-corrected chi connectivity index (χ2v) is 5.96. The number of nitrogens with zero attached hydrogens (tertiary/aromatic N) is 3. The van der Waals surface area contributed by atoms with E-state index < -0.39 is 23.4 Å². The molecule has 0 saturated heterocycles. The number of alkyl halides is 3. The quantitative estimate of drug-likeness (QED) is 0.615. The van der Waals surface area contributed by atoms with Crippen LogP contribution in [-0.2, 0) is 6.18 Å². The molecule has 1 aromatic heterocycles. The van der Waals surface area contributed by atoms with Gasteiger partial charge in [-0.25, -0.2) is 9.37 Å². The van der Waals surface area contributed by atoms with E-state index in [-0.39, 0.29) is 11.6 Å². The highest BCUT2D eigenvalue weighted by Crippen LogP contribution is 2.36. The smallest absolute Gasteiger partial charge is 0.340 e. The third kappa shape index (κ3) is 4.33. The minimum absolute atomic E-state index is 0.0956. The number of anilines is 4. The molecule has 0 spiro atoms. The number of aromatic nitrogens is 2. The Morgan fingerprint density at radius 2 is 1.74 bits per heavy atom. The van der Waals surface area contributed by atoms with Crippen molar-refractivity contribution < 1.29 is 17.6 Å². The van der Waals surface area contributed by atoms with Crippen molar-refractivity contribution >= 4 is 23.1 Å². The van der Waals surface area contributed by atoms with Gasteiger partial charge in [0.05, 0.1) is 0 Å². The van der Waals surface area contributed by atoms with E-state index in [9.17, 15) is 17.6 Å². The molecule has 0 amide bonds. The third-order valence-electron chi connectivity index (χ3n) is 3.88. The number of benzene rings is 2. The summed E-state index contributed by atoms with van der Waals surface area (Å²) in [7, 11) is 1.67. The summed E-state index contributed by atoms with van der Waals surface area (Å²) in [6.45, 7) is 1.91. The van der Waals surface area contributed by atoms with Crippen LogP contribution in [0.5, 0.6) is 0 Å². The summed E-state index contributed by atoms with van der Waals surface area (Å²) < 4.78 is 53.0. The first-order valence-corrected chi connectivity index (χ1v) is 8.01. The number of aryl methyl sites for hydroxylation is 1. The number of halogens is 4. The van der Waals surface area contributed by atoms with Crippen molar-refractivity contribution in [3.8, 4) is 0 Å². The zero-order chi connectivity index (χ0) is 19.6. The molecule has 0 unspecified atom stereocenters. The van der Waals surface area contributed by atoms with Crippen molar-refractivity contribution in [2.24, 2.45) is 0 Å². The summed E-state index contributed by atoms with van der Waals surface area (Å²) in [6, 6.07) is 12.4. The lowest BCUT2D eigenvalue weighted by Crippen LogP contribution is -2.17. The fourth-order valence-electron chi connectivity index (χ4n) is 2.46. The van der Waals surface area contributed by atoms with Crippen LogP contribution in [0, 0.1) is 12.7 Å². The second-order valence-electron chi connectivity index (χ2n) is 5.96. The van der Waals surface area contributed by atoms with Crippen molar-refractivity contribution in [2.45, 2.75) is 13.1 Å². The summed E-state index contributed by atoms with van der Waals surface area (Å²) in [5.74, 6) is -0.795. The second kappa shape index (κ2) is 7.22. The van der Waals surface area contributed by atoms with Gasteiger partial charge in [0.15, 0.2) is 0 Å². The van der Waals surface area contributed by atoms with Crippen LogP contribution in [0.15, 0.2) is 54.7 Å². The maximum Gasteiger partial charge on any atom is 0.421 e. The lowest BCUT2D eigenvalue weighted by molar-refractivity contribution is -0.137. The zero-order valence-corrected chi connectivity index (χ0v) is 14.5. The molecular weight excluding hydrogens is 360 g/mol. The summed E-state index contributed by atoms with van der Waals surface area (Å²) in [5, 5.41) is 2.60. The first kappa shape index (κ1) is 18.6. The Morgan fingerprint density at radius 3 is 2.37 bits per heavy atom. The molecule has 3 aromatic rings. The first-order chi connectivity index (χ1) is 12.7. The van der Waals surface area contributed by atoms with Crippen LogP contribution in [0.1, 0.15) is 11.1 Å². The van der Waals surface area contributed by atoms with Crippen molar-refractivity contribution in [1.82, 2.24) is 9.97 Å². The Labute approximate surface area is 153 Å². The SMILES string of the molecule is Cc1cccc(N(C)c2ncc(C(F)(F)F)c(Nc3ccc(F)cc3)n2)c1. The maximum atomic E-state index is 13.3. The fraction of sp³-hybridized carbons (Fsp3) is 0.158. The monoisotopic (exact) mass is 376 g/mol. The van der Waals surface area contributed by atoms with Gasteiger partial charge in [-0.3, -0.25) is 0 Å². The lowest BCUT2D eigenvalue weighted by atomic mass is 10.2. The molecule has 2 aromatic carbocycles. The van der Waals surface area contributed by atoms with Gasteiger partial charge in [0.1, 0.15) is 17.2 Å². The van der Waals surface area contributed by atoms with E-state index in [1.165, 1.54) is 12.1 Å². The predicted octanol–water partition coefficient (Wildman–Crippen LogP) is 5.45.